The number of carbonyl (C=O) groups excluding carboxylic acids is 1. The molecular weight excluding hydrogens is 176 g/mol. The summed E-state index contributed by atoms with van der Waals surface area (Å²) in [5.74, 6) is -0.0633. The van der Waals surface area contributed by atoms with E-state index in [1.165, 1.54) is 0 Å². The molecule has 14 heavy (non-hydrogen) atoms. The molecule has 0 heterocycles. The minimum absolute atomic E-state index is 0.0167. The van der Waals surface area contributed by atoms with Gasteiger partial charge in [0, 0.05) is 18.2 Å². The summed E-state index contributed by atoms with van der Waals surface area (Å²) < 4.78 is 0. The van der Waals surface area contributed by atoms with E-state index in [1.807, 2.05) is 32.0 Å². The fourth-order valence-corrected chi connectivity index (χ4v) is 1.15. The average Bonchev–Trinajstić information content (AvgIpc) is 2.17. The van der Waals surface area contributed by atoms with Crippen LogP contribution in [0.3, 0.4) is 0 Å². The lowest BCUT2D eigenvalue weighted by atomic mass is 10.1. The molecule has 0 bridgehead atoms. The lowest BCUT2D eigenvalue weighted by Gasteiger charge is -2.11. The number of benzene rings is 1. The van der Waals surface area contributed by atoms with E-state index in [0.717, 1.165) is 5.56 Å². The number of hydrogen-bond donors (Lipinski definition) is 2. The van der Waals surface area contributed by atoms with Gasteiger partial charge in [-0.1, -0.05) is 17.7 Å². The number of amides is 1. The van der Waals surface area contributed by atoms with Crippen LogP contribution in [0.2, 0.25) is 0 Å². The Balaban J connectivity index is 2.70. The summed E-state index contributed by atoms with van der Waals surface area (Å²) >= 11 is 0. The summed E-state index contributed by atoms with van der Waals surface area (Å²) in [6.07, 6.45) is 0. The second-order valence-corrected chi connectivity index (χ2v) is 3.48. The molecular formula is C11H16N2O. The van der Waals surface area contributed by atoms with Gasteiger partial charge in [-0.05, 0) is 26.0 Å². The Morgan fingerprint density at radius 3 is 2.86 bits per heavy atom. The summed E-state index contributed by atoms with van der Waals surface area (Å²) in [6, 6.07) is 7.51. The molecule has 0 saturated carbocycles. The quantitative estimate of drug-likeness (QED) is 0.752. The summed E-state index contributed by atoms with van der Waals surface area (Å²) in [5, 5.41) is 2.81. The third-order valence-corrected chi connectivity index (χ3v) is 2.01. The van der Waals surface area contributed by atoms with Gasteiger partial charge in [-0.3, -0.25) is 4.79 Å². The first-order valence-electron chi connectivity index (χ1n) is 4.71. The standard InChI is InChI=1S/C11H16N2O/c1-8-4-3-5-10(6-8)11(14)13-9(2)7-12/h3-6,9H,7,12H2,1-2H3,(H,13,14)/t9-/m1/s1. The minimum atomic E-state index is -0.0633. The second kappa shape index (κ2) is 4.77. The minimum Gasteiger partial charge on any atom is -0.348 e. The van der Waals surface area contributed by atoms with Gasteiger partial charge in [0.25, 0.3) is 5.91 Å². The molecule has 1 aromatic carbocycles. The van der Waals surface area contributed by atoms with Crippen LogP contribution in [-0.2, 0) is 0 Å². The van der Waals surface area contributed by atoms with Crippen molar-refractivity contribution >= 4 is 5.91 Å². The maximum atomic E-state index is 11.6. The lowest BCUT2D eigenvalue weighted by molar-refractivity contribution is 0.0941. The van der Waals surface area contributed by atoms with Gasteiger partial charge in [-0.25, -0.2) is 0 Å². The Morgan fingerprint density at radius 2 is 2.29 bits per heavy atom. The van der Waals surface area contributed by atoms with Gasteiger partial charge in [-0.15, -0.1) is 0 Å². The molecule has 0 radical (unpaired) electrons. The second-order valence-electron chi connectivity index (χ2n) is 3.48. The molecule has 1 rings (SSSR count). The summed E-state index contributed by atoms with van der Waals surface area (Å²) in [7, 11) is 0. The zero-order valence-corrected chi connectivity index (χ0v) is 8.58. The lowest BCUT2D eigenvalue weighted by Crippen LogP contribution is -2.37. The van der Waals surface area contributed by atoms with Crippen molar-refractivity contribution in [2.24, 2.45) is 5.73 Å². The smallest absolute Gasteiger partial charge is 0.251 e. The summed E-state index contributed by atoms with van der Waals surface area (Å²) in [5.41, 5.74) is 7.18. The van der Waals surface area contributed by atoms with Crippen LogP contribution in [0.15, 0.2) is 24.3 Å². The van der Waals surface area contributed by atoms with Crippen LogP contribution in [0.1, 0.15) is 22.8 Å². The normalized spacial score (nSPS) is 12.2. The van der Waals surface area contributed by atoms with E-state index in [1.54, 1.807) is 6.07 Å². The van der Waals surface area contributed by atoms with Crippen LogP contribution >= 0.6 is 0 Å². The molecule has 0 fully saturated rings. The molecule has 1 atom stereocenters. The third kappa shape index (κ3) is 2.85. The molecule has 1 aromatic rings. The SMILES string of the molecule is Cc1cccc(C(=O)N[C@H](C)CN)c1. The number of hydrogen-bond acceptors (Lipinski definition) is 2. The predicted molar refractivity (Wildman–Crippen MR) is 57.2 cm³/mol. The van der Waals surface area contributed by atoms with Gasteiger partial charge in [0.2, 0.25) is 0 Å². The highest BCUT2D eigenvalue weighted by atomic mass is 16.1. The van der Waals surface area contributed by atoms with E-state index in [4.69, 9.17) is 5.73 Å². The van der Waals surface area contributed by atoms with Crippen molar-refractivity contribution in [3.05, 3.63) is 35.4 Å². The van der Waals surface area contributed by atoms with E-state index in [0.29, 0.717) is 12.1 Å². The van der Waals surface area contributed by atoms with Crippen molar-refractivity contribution in [1.29, 1.82) is 0 Å². The van der Waals surface area contributed by atoms with E-state index in [-0.39, 0.29) is 11.9 Å². The Kier molecular flexibility index (Phi) is 3.65. The van der Waals surface area contributed by atoms with Crippen LogP contribution in [-0.4, -0.2) is 18.5 Å². The highest BCUT2D eigenvalue weighted by Crippen LogP contribution is 2.03. The molecule has 0 aromatic heterocycles. The first-order chi connectivity index (χ1) is 6.63. The van der Waals surface area contributed by atoms with E-state index in [9.17, 15) is 4.79 Å². The van der Waals surface area contributed by atoms with Crippen LogP contribution in [0, 0.1) is 6.92 Å². The van der Waals surface area contributed by atoms with Crippen molar-refractivity contribution < 1.29 is 4.79 Å². The average molecular weight is 192 g/mol. The van der Waals surface area contributed by atoms with Gasteiger partial charge in [0.1, 0.15) is 0 Å². The Morgan fingerprint density at radius 1 is 1.57 bits per heavy atom. The van der Waals surface area contributed by atoms with Gasteiger partial charge in [-0.2, -0.15) is 0 Å². The maximum Gasteiger partial charge on any atom is 0.251 e. The van der Waals surface area contributed by atoms with Gasteiger partial charge < -0.3 is 11.1 Å². The highest BCUT2D eigenvalue weighted by molar-refractivity contribution is 5.94. The largest absolute Gasteiger partial charge is 0.348 e. The number of rotatable bonds is 3. The fraction of sp³-hybridized carbons (Fsp3) is 0.364. The molecule has 0 saturated heterocycles. The number of carbonyl (C=O) groups is 1. The van der Waals surface area contributed by atoms with Crippen molar-refractivity contribution in [2.75, 3.05) is 6.54 Å². The van der Waals surface area contributed by atoms with E-state index in [2.05, 4.69) is 5.32 Å². The fourth-order valence-electron chi connectivity index (χ4n) is 1.15. The number of nitrogens with one attached hydrogen (secondary N) is 1. The Hall–Kier alpha value is -1.35. The van der Waals surface area contributed by atoms with Crippen LogP contribution in [0.5, 0.6) is 0 Å². The molecule has 0 aliphatic carbocycles. The van der Waals surface area contributed by atoms with Crippen molar-refractivity contribution in [3.63, 3.8) is 0 Å². The molecule has 3 N–H and O–H groups in total. The Labute approximate surface area is 84.3 Å². The van der Waals surface area contributed by atoms with Crippen LogP contribution in [0.25, 0.3) is 0 Å². The van der Waals surface area contributed by atoms with Gasteiger partial charge in [0.05, 0.1) is 0 Å². The Bertz CT molecular complexity index is 323. The molecule has 0 spiro atoms. The first-order valence-corrected chi connectivity index (χ1v) is 4.71. The van der Waals surface area contributed by atoms with Gasteiger partial charge >= 0.3 is 0 Å². The van der Waals surface area contributed by atoms with Crippen LogP contribution < -0.4 is 11.1 Å². The van der Waals surface area contributed by atoms with Crippen molar-refractivity contribution in [3.8, 4) is 0 Å². The summed E-state index contributed by atoms with van der Waals surface area (Å²) in [6.45, 7) is 4.30. The zero-order valence-electron chi connectivity index (χ0n) is 8.58. The zero-order chi connectivity index (χ0) is 10.6. The molecule has 3 nitrogen and oxygen atoms in total. The third-order valence-electron chi connectivity index (χ3n) is 2.01. The molecule has 3 heteroatoms. The molecule has 0 aliphatic rings. The van der Waals surface area contributed by atoms with E-state index >= 15 is 0 Å². The topological polar surface area (TPSA) is 55.1 Å². The first kappa shape index (κ1) is 10.7. The summed E-state index contributed by atoms with van der Waals surface area (Å²) in [4.78, 5) is 11.6. The molecule has 76 valence electrons. The van der Waals surface area contributed by atoms with Gasteiger partial charge in [0.15, 0.2) is 0 Å². The number of aryl methyl sites for hydroxylation is 1. The van der Waals surface area contributed by atoms with Crippen LogP contribution in [0.4, 0.5) is 0 Å². The molecule has 0 unspecified atom stereocenters. The van der Waals surface area contributed by atoms with Crippen molar-refractivity contribution in [1.82, 2.24) is 5.32 Å². The number of nitrogens with two attached hydrogens (primary N) is 1. The monoisotopic (exact) mass is 192 g/mol. The van der Waals surface area contributed by atoms with E-state index < -0.39 is 0 Å². The molecule has 1 amide bonds. The maximum absolute atomic E-state index is 11.6. The predicted octanol–water partition coefficient (Wildman–Crippen LogP) is 1.07. The molecule has 0 aliphatic heterocycles. The highest BCUT2D eigenvalue weighted by Gasteiger charge is 2.07. The van der Waals surface area contributed by atoms with Crippen molar-refractivity contribution in [2.45, 2.75) is 19.9 Å².